The molecule has 3 saturated heterocycles. The number of nitrogens with zero attached hydrogens (tertiary/aromatic N) is 8. The number of rotatable bonds is 18. The molecular weight excluding hydrogens is 1290 g/mol. The van der Waals surface area contributed by atoms with Gasteiger partial charge in [-0.25, -0.2) is 33.5 Å². The van der Waals surface area contributed by atoms with E-state index in [4.69, 9.17) is 32.3 Å². The molecule has 3 fully saturated rings. The maximum Gasteiger partial charge on any atom is 0.409 e. The van der Waals surface area contributed by atoms with E-state index in [1.165, 1.54) is 29.8 Å². The zero-order valence-corrected chi connectivity index (χ0v) is 53.3. The number of amides is 6. The van der Waals surface area contributed by atoms with E-state index in [-0.39, 0.29) is 79.8 Å². The Hall–Kier alpha value is -9.15. The van der Waals surface area contributed by atoms with E-state index in [1.807, 2.05) is 48.5 Å². The van der Waals surface area contributed by atoms with Crippen LogP contribution in [0.1, 0.15) is 81.2 Å². The van der Waals surface area contributed by atoms with Gasteiger partial charge in [0.05, 0.1) is 38.1 Å². The number of para-hydroxylation sites is 1. The second kappa shape index (κ2) is 29.6. The van der Waals surface area contributed by atoms with Gasteiger partial charge in [-0.1, -0.05) is 68.2 Å². The van der Waals surface area contributed by atoms with Crippen LogP contribution in [0, 0.1) is 23.6 Å². The van der Waals surface area contributed by atoms with Crippen LogP contribution in [0.15, 0.2) is 103 Å². The molecule has 0 spiro atoms. The minimum atomic E-state index is -3.62. The smallest absolute Gasteiger partial charge is 0.409 e. The number of H-pyrrole nitrogens is 1. The molecule has 8 heterocycles. The fraction of sp³-hybridized carbons (Fsp3) is 0.393. The first-order chi connectivity index (χ1) is 45.7. The van der Waals surface area contributed by atoms with E-state index in [0.717, 1.165) is 34.5 Å². The number of benzene rings is 3. The number of anilines is 3. The Morgan fingerprint density at radius 3 is 2.27 bits per heavy atom. The number of carbonyl (C=O) groups is 6. The first kappa shape index (κ1) is 67.3. The molecule has 12 atom stereocenters. The minimum absolute atomic E-state index is 0.00522. The molecule has 6 amide bonds. The van der Waals surface area contributed by atoms with Crippen molar-refractivity contribution in [2.45, 2.75) is 121 Å². The molecule has 4 aromatic heterocycles. The van der Waals surface area contributed by atoms with E-state index in [9.17, 15) is 52.2 Å². The Kier molecular flexibility index (Phi) is 21.0. The summed E-state index contributed by atoms with van der Waals surface area (Å²) in [5, 5.41) is 21.5. The van der Waals surface area contributed by atoms with Gasteiger partial charge in [0.1, 0.15) is 60.9 Å². The number of carbonyl (C=O) groups excluding carboxylic acids is 6. The lowest BCUT2D eigenvalue weighted by Gasteiger charge is -2.26. The van der Waals surface area contributed by atoms with Crippen LogP contribution in [-0.4, -0.2) is 155 Å². The van der Waals surface area contributed by atoms with Crippen LogP contribution in [0.5, 0.6) is 0 Å². The first-order valence-corrected chi connectivity index (χ1v) is 32.5. The highest BCUT2D eigenvalue weighted by molar-refractivity contribution is 7.33. The lowest BCUT2D eigenvalue weighted by Crippen LogP contribution is -2.53. The molecule has 95 heavy (non-hydrogen) atoms. The number of aliphatic hydroxyl groups excluding tert-OH is 1. The second-order valence-corrected chi connectivity index (χ2v) is 25.0. The highest BCUT2D eigenvalue weighted by Gasteiger charge is 2.51. The summed E-state index contributed by atoms with van der Waals surface area (Å²) in [4.78, 5) is 114. The third kappa shape index (κ3) is 15.3. The van der Waals surface area contributed by atoms with Crippen molar-refractivity contribution in [2.75, 3.05) is 42.3 Å². The molecule has 0 radical (unpaired) electrons. The highest BCUT2D eigenvalue weighted by Crippen LogP contribution is 2.46. The van der Waals surface area contributed by atoms with Crippen LogP contribution in [0.4, 0.5) is 30.8 Å². The molecule has 30 nitrogen and oxygen atoms in total. The SMILES string of the molecule is CC(C)[C@H](NC(=O)CCC(=O)N1Cc2ccccc2C#Cc2ccccc21)C(=O)N[C@@H](C)C(=O)Nc1ccc(COC(=O)N(C)CCCC(=O)Nc2ncnc3c2ncn3[C@@H]2O[C@@H]3CO[PH](=O)O[C@@H]4[C@H](O)[C@@H](CO[PH](=O)O[C@H]3[C@H]2F)O[C@H]4n2cc(F)c3c(=O)[nH]cnc32)cc1. The number of fused-ring (bicyclic) bond motifs is 7. The summed E-state index contributed by atoms with van der Waals surface area (Å²) in [5.41, 5.74) is 2.98. The van der Waals surface area contributed by atoms with Crippen molar-refractivity contribution in [2.24, 2.45) is 5.92 Å². The van der Waals surface area contributed by atoms with Crippen molar-refractivity contribution in [1.29, 1.82) is 0 Å². The maximum absolute atomic E-state index is 16.5. The Balaban J connectivity index is 0.608. The summed E-state index contributed by atoms with van der Waals surface area (Å²) in [6, 6.07) is 19.3. The van der Waals surface area contributed by atoms with Gasteiger partial charge < -0.3 is 73.5 Å². The average Bonchev–Trinajstić information content (AvgIpc) is 1.65. The van der Waals surface area contributed by atoms with Gasteiger partial charge in [-0.3, -0.25) is 47.0 Å². The van der Waals surface area contributed by atoms with Gasteiger partial charge in [0.25, 0.3) is 5.56 Å². The predicted octanol–water partition coefficient (Wildman–Crippen LogP) is 5.09. The molecule has 2 bridgehead atoms. The second-order valence-electron chi connectivity index (χ2n) is 23.0. The van der Waals surface area contributed by atoms with E-state index in [1.54, 1.807) is 43.0 Å². The van der Waals surface area contributed by atoms with Gasteiger partial charge in [0.15, 0.2) is 47.1 Å². The Labute approximate surface area is 540 Å². The molecule has 2 unspecified atom stereocenters. The number of halogens is 2. The monoisotopic (exact) mass is 1350 g/mol. The number of hydrogen-bond donors (Lipinski definition) is 6. The Bertz CT molecular complexity index is 4240. The molecule has 6 N–H and O–H groups in total. The number of nitrogens with one attached hydrogen (secondary N) is 5. The van der Waals surface area contributed by atoms with E-state index < -0.39 is 137 Å². The molecule has 4 aliphatic heterocycles. The highest BCUT2D eigenvalue weighted by atomic mass is 31.1. The quantitative estimate of drug-likeness (QED) is 0.0481. The first-order valence-electron chi connectivity index (χ1n) is 30.1. The van der Waals surface area contributed by atoms with Crippen molar-refractivity contribution >= 4 is 91.5 Å². The molecule has 3 aromatic carbocycles. The summed E-state index contributed by atoms with van der Waals surface area (Å²) in [7, 11) is -5.75. The van der Waals surface area contributed by atoms with Crippen LogP contribution in [0.3, 0.4) is 0 Å². The molecule has 34 heteroatoms. The molecule has 11 rings (SSSR count). The average molecular weight is 1350 g/mol. The Morgan fingerprint density at radius 2 is 1.51 bits per heavy atom. The third-order valence-electron chi connectivity index (χ3n) is 16.1. The number of alkyl halides is 1. The number of ether oxygens (including phenoxy) is 3. The van der Waals surface area contributed by atoms with Gasteiger partial charge in [-0.2, -0.15) is 0 Å². The molecule has 0 aliphatic carbocycles. The van der Waals surface area contributed by atoms with Crippen LogP contribution in [-0.2, 0) is 78.6 Å². The Morgan fingerprint density at radius 1 is 0.800 bits per heavy atom. The molecule has 7 aromatic rings. The van der Waals surface area contributed by atoms with Crippen molar-refractivity contribution in [3.8, 4) is 11.8 Å². The minimum Gasteiger partial charge on any atom is -0.445 e. The lowest BCUT2D eigenvalue weighted by molar-refractivity contribution is -0.132. The predicted molar refractivity (Wildman–Crippen MR) is 333 cm³/mol. The van der Waals surface area contributed by atoms with Crippen LogP contribution in [0.25, 0.3) is 22.2 Å². The zero-order chi connectivity index (χ0) is 67.2. The van der Waals surface area contributed by atoms with E-state index in [2.05, 4.69) is 58.0 Å². The van der Waals surface area contributed by atoms with Crippen LogP contribution >= 0.6 is 16.5 Å². The fourth-order valence-corrected chi connectivity index (χ4v) is 12.7. The van der Waals surface area contributed by atoms with Crippen molar-refractivity contribution < 1.29 is 84.1 Å². The summed E-state index contributed by atoms with van der Waals surface area (Å²) >= 11 is 0. The summed E-state index contributed by atoms with van der Waals surface area (Å²) < 4.78 is 99.7. The van der Waals surface area contributed by atoms with Crippen molar-refractivity contribution in [3.63, 3.8) is 0 Å². The van der Waals surface area contributed by atoms with E-state index in [0.29, 0.717) is 22.5 Å². The van der Waals surface area contributed by atoms with Gasteiger partial charge in [0.2, 0.25) is 29.5 Å². The van der Waals surface area contributed by atoms with Gasteiger partial charge in [-0.15, -0.1) is 0 Å². The van der Waals surface area contributed by atoms with Gasteiger partial charge in [-0.05, 0) is 60.7 Å². The summed E-state index contributed by atoms with van der Waals surface area (Å²) in [6.45, 7) is 3.91. The topological polar surface area (TPSA) is 370 Å². The summed E-state index contributed by atoms with van der Waals surface area (Å²) in [6.07, 6.45) is -9.52. The summed E-state index contributed by atoms with van der Waals surface area (Å²) in [5.74, 6) is 2.48. The fourth-order valence-electron chi connectivity index (χ4n) is 11.0. The number of hydrogen-bond acceptors (Lipinski definition) is 21. The zero-order valence-electron chi connectivity index (χ0n) is 51.3. The number of aromatic amines is 1. The molecular formula is C61H65F2N13O17P2. The van der Waals surface area contributed by atoms with E-state index >= 15 is 4.39 Å². The maximum atomic E-state index is 16.5. The molecule has 500 valence electrons. The largest absolute Gasteiger partial charge is 0.445 e. The van der Waals surface area contributed by atoms with Crippen LogP contribution in [0.2, 0.25) is 0 Å². The number of aromatic nitrogens is 7. The van der Waals surface area contributed by atoms with Crippen molar-refractivity contribution in [1.82, 2.24) is 49.6 Å². The molecule has 4 aliphatic rings. The van der Waals surface area contributed by atoms with Crippen LogP contribution < -0.4 is 31.7 Å². The third-order valence-corrected chi connectivity index (χ3v) is 17.8. The normalized spacial score (nSPS) is 23.1. The number of imidazole rings is 1. The van der Waals surface area contributed by atoms with Crippen molar-refractivity contribution in [3.05, 3.63) is 136 Å². The standard InChI is InChI=1S/C61H65F2N13O17P2/c1-32(2)48(71-44(78)21-22-45(79)74-24-37-12-6-5-10-35(37)17-18-36-11-7-8-13-40(36)74)58(83)69-33(3)56(81)70-38-19-15-34(16-20-38)26-87-61(84)73(4)23-9-14-43(77)72-53-49-55(66-29-64-53)76(31-68-49)59-47(63)51-42(91-59)28-89-95(86)93-52-50(80)41(27-88-94(85)92-51)90-60(52)75-25-39(62)46-54(75)65-30-67-57(46)82/h5-8,10-13,15-16,19-20,25,29-33,41-42,47-48,50-52,59-60,80,94-95H,9,14,21-24,26-28H2,1-4H3,(H,69,83)(H,70,81)(H,71,78)(H,65,67,82)(H,64,66,72,77)/t33-,41+,42+,47+,48-,50+,51+,52+,59+,60+/m0/s1. The van der Waals surface area contributed by atoms with Gasteiger partial charge in [0, 0.05) is 55.9 Å². The molecule has 0 saturated carbocycles. The lowest BCUT2D eigenvalue weighted by atomic mass is 10.0. The van der Waals surface area contributed by atoms with Gasteiger partial charge >= 0.3 is 22.6 Å². The number of aliphatic hydroxyl groups is 1.